The molecule has 2 heterocycles. The molecule has 3 rings (SSSR count). The van der Waals surface area contributed by atoms with Gasteiger partial charge in [0.25, 0.3) is 0 Å². The van der Waals surface area contributed by atoms with E-state index in [2.05, 4.69) is 5.10 Å². The number of nitrogens with zero attached hydrogens (tertiary/aromatic N) is 3. The first-order valence-corrected chi connectivity index (χ1v) is 7.81. The van der Waals surface area contributed by atoms with Crippen molar-refractivity contribution in [3.05, 3.63) is 54.1 Å². The molecule has 0 saturated carbocycles. The zero-order chi connectivity index (χ0) is 17.1. The molecule has 1 aromatic carbocycles. The van der Waals surface area contributed by atoms with E-state index in [1.807, 2.05) is 12.3 Å². The molecule has 126 valence electrons. The van der Waals surface area contributed by atoms with E-state index in [0.29, 0.717) is 25.1 Å². The van der Waals surface area contributed by atoms with Crippen LogP contribution in [0, 0.1) is 11.7 Å². The lowest BCUT2D eigenvalue weighted by atomic mass is 9.93. The zero-order valence-electron chi connectivity index (χ0n) is 13.0. The van der Waals surface area contributed by atoms with Crippen LogP contribution in [0.3, 0.4) is 0 Å². The van der Waals surface area contributed by atoms with Crippen molar-refractivity contribution in [1.82, 2.24) is 14.7 Å². The number of aromatic nitrogens is 2. The van der Waals surface area contributed by atoms with Gasteiger partial charge in [0.2, 0.25) is 5.91 Å². The first-order valence-electron chi connectivity index (χ1n) is 7.81. The Hall–Kier alpha value is -2.70. The van der Waals surface area contributed by atoms with Crippen LogP contribution in [0.25, 0.3) is 0 Å². The summed E-state index contributed by atoms with van der Waals surface area (Å²) in [7, 11) is 0. The summed E-state index contributed by atoms with van der Waals surface area (Å²) in [4.78, 5) is 25.4. The monoisotopic (exact) mass is 331 g/mol. The van der Waals surface area contributed by atoms with Crippen molar-refractivity contribution < 1.29 is 19.1 Å². The van der Waals surface area contributed by atoms with Crippen LogP contribution >= 0.6 is 0 Å². The van der Waals surface area contributed by atoms with Gasteiger partial charge < -0.3 is 10.0 Å². The molecule has 0 spiro atoms. The van der Waals surface area contributed by atoms with E-state index in [-0.39, 0.29) is 18.1 Å². The normalized spacial score (nSPS) is 20.5. The molecule has 1 aliphatic heterocycles. The van der Waals surface area contributed by atoms with Crippen molar-refractivity contribution in [1.29, 1.82) is 0 Å². The van der Waals surface area contributed by atoms with Gasteiger partial charge in [0.15, 0.2) is 0 Å². The van der Waals surface area contributed by atoms with E-state index in [9.17, 15) is 19.1 Å². The number of likely N-dealkylation sites (tertiary alicyclic amines) is 1. The van der Waals surface area contributed by atoms with Gasteiger partial charge in [-0.05, 0) is 30.2 Å². The Balaban J connectivity index is 1.77. The van der Waals surface area contributed by atoms with Crippen LogP contribution in [0.1, 0.15) is 24.4 Å². The Kier molecular flexibility index (Phi) is 4.59. The summed E-state index contributed by atoms with van der Waals surface area (Å²) in [5, 5.41) is 13.6. The minimum absolute atomic E-state index is 0.0286. The summed E-state index contributed by atoms with van der Waals surface area (Å²) >= 11 is 0. The average molecular weight is 331 g/mol. The number of carboxylic acid groups (broad SMARTS) is 1. The Bertz CT molecular complexity index is 715. The van der Waals surface area contributed by atoms with E-state index in [1.165, 1.54) is 12.1 Å². The number of halogens is 1. The molecule has 1 aromatic heterocycles. The standard InChI is InChI=1S/C17H18FN3O3/c18-13-5-3-12(4-6-13)16-14(17(23)24)11-15(22)21(16)10-2-9-20-8-1-7-19-20/h1,3-8,14,16H,2,9-11H2,(H,23,24)/t14-,16-/m0/s1. The summed E-state index contributed by atoms with van der Waals surface area (Å²) < 4.78 is 14.9. The Labute approximate surface area is 138 Å². The number of amides is 1. The van der Waals surface area contributed by atoms with Gasteiger partial charge in [-0.15, -0.1) is 0 Å². The lowest BCUT2D eigenvalue weighted by Gasteiger charge is -2.27. The summed E-state index contributed by atoms with van der Waals surface area (Å²) in [6.45, 7) is 1.08. The number of carbonyl (C=O) groups is 2. The lowest BCUT2D eigenvalue weighted by Crippen LogP contribution is -2.32. The van der Waals surface area contributed by atoms with E-state index in [0.717, 1.165) is 0 Å². The first kappa shape index (κ1) is 16.2. The third-order valence-electron chi connectivity index (χ3n) is 4.31. The molecular weight excluding hydrogens is 313 g/mol. The van der Waals surface area contributed by atoms with Gasteiger partial charge >= 0.3 is 5.97 Å². The molecule has 0 radical (unpaired) electrons. The molecule has 1 fully saturated rings. The Morgan fingerprint density at radius 3 is 2.67 bits per heavy atom. The third kappa shape index (κ3) is 3.29. The summed E-state index contributed by atoms with van der Waals surface area (Å²) in [5.74, 6) is -2.39. The molecule has 1 aliphatic rings. The smallest absolute Gasteiger partial charge is 0.309 e. The van der Waals surface area contributed by atoms with Gasteiger partial charge in [-0.3, -0.25) is 14.3 Å². The second-order valence-electron chi connectivity index (χ2n) is 5.86. The van der Waals surface area contributed by atoms with E-state index >= 15 is 0 Å². The number of carbonyl (C=O) groups excluding carboxylic acids is 1. The maximum Gasteiger partial charge on any atom is 0.309 e. The number of aliphatic carboxylic acids is 1. The van der Waals surface area contributed by atoms with Crippen molar-refractivity contribution >= 4 is 11.9 Å². The van der Waals surface area contributed by atoms with Crippen LogP contribution < -0.4 is 0 Å². The van der Waals surface area contributed by atoms with Gasteiger partial charge in [-0.2, -0.15) is 5.10 Å². The molecule has 24 heavy (non-hydrogen) atoms. The highest BCUT2D eigenvalue weighted by Gasteiger charge is 2.44. The van der Waals surface area contributed by atoms with Gasteiger partial charge in [-0.25, -0.2) is 4.39 Å². The van der Waals surface area contributed by atoms with E-state index in [4.69, 9.17) is 0 Å². The minimum atomic E-state index is -1.01. The number of hydrogen-bond donors (Lipinski definition) is 1. The van der Waals surface area contributed by atoms with Gasteiger partial charge in [0.1, 0.15) is 5.82 Å². The molecular formula is C17H18FN3O3. The third-order valence-corrected chi connectivity index (χ3v) is 4.31. The fraction of sp³-hybridized carbons (Fsp3) is 0.353. The SMILES string of the molecule is O=C(O)[C@H]1CC(=O)N(CCCn2cccn2)[C@H]1c1ccc(F)cc1. The number of carboxylic acids is 1. The first-order chi connectivity index (χ1) is 11.6. The summed E-state index contributed by atoms with van der Waals surface area (Å²) in [6.07, 6.45) is 4.16. The van der Waals surface area contributed by atoms with Gasteiger partial charge in [0.05, 0.1) is 12.0 Å². The van der Waals surface area contributed by atoms with Crippen molar-refractivity contribution in [3.8, 4) is 0 Å². The molecule has 1 N–H and O–H groups in total. The maximum atomic E-state index is 13.2. The van der Waals surface area contributed by atoms with Crippen LogP contribution in [-0.2, 0) is 16.1 Å². The number of rotatable bonds is 6. The predicted octanol–water partition coefficient (Wildman–Crippen LogP) is 2.09. The maximum absolute atomic E-state index is 13.2. The highest BCUT2D eigenvalue weighted by Crippen LogP contribution is 2.38. The number of benzene rings is 1. The zero-order valence-corrected chi connectivity index (χ0v) is 13.0. The Morgan fingerprint density at radius 1 is 1.29 bits per heavy atom. The molecule has 0 aliphatic carbocycles. The van der Waals surface area contributed by atoms with Crippen molar-refractivity contribution in [2.45, 2.75) is 25.4 Å². The molecule has 6 nitrogen and oxygen atoms in total. The molecule has 0 unspecified atom stereocenters. The fourth-order valence-electron chi connectivity index (χ4n) is 3.18. The largest absolute Gasteiger partial charge is 0.481 e. The van der Waals surface area contributed by atoms with Crippen molar-refractivity contribution in [3.63, 3.8) is 0 Å². The fourth-order valence-corrected chi connectivity index (χ4v) is 3.18. The number of aryl methyl sites for hydroxylation is 1. The van der Waals surface area contributed by atoms with E-state index in [1.54, 1.807) is 27.9 Å². The molecule has 2 aromatic rings. The Morgan fingerprint density at radius 2 is 2.04 bits per heavy atom. The second-order valence-corrected chi connectivity index (χ2v) is 5.86. The summed E-state index contributed by atoms with van der Waals surface area (Å²) in [5.41, 5.74) is 0.647. The van der Waals surface area contributed by atoms with Crippen LogP contribution in [0.2, 0.25) is 0 Å². The molecule has 1 amide bonds. The van der Waals surface area contributed by atoms with Crippen LogP contribution in [0.15, 0.2) is 42.7 Å². The van der Waals surface area contributed by atoms with Gasteiger partial charge in [-0.1, -0.05) is 12.1 Å². The van der Waals surface area contributed by atoms with Crippen LogP contribution in [0.4, 0.5) is 4.39 Å². The average Bonchev–Trinajstić information content (AvgIpc) is 3.17. The topological polar surface area (TPSA) is 75.4 Å². The second kappa shape index (κ2) is 6.82. The number of hydrogen-bond acceptors (Lipinski definition) is 3. The highest BCUT2D eigenvalue weighted by atomic mass is 19.1. The predicted molar refractivity (Wildman–Crippen MR) is 83.4 cm³/mol. The summed E-state index contributed by atoms with van der Waals surface area (Å²) in [6, 6.07) is 6.94. The molecule has 1 saturated heterocycles. The molecule has 7 heteroatoms. The molecule has 0 bridgehead atoms. The van der Waals surface area contributed by atoms with Crippen molar-refractivity contribution in [2.75, 3.05) is 6.54 Å². The van der Waals surface area contributed by atoms with Crippen LogP contribution in [0.5, 0.6) is 0 Å². The van der Waals surface area contributed by atoms with E-state index < -0.39 is 17.9 Å². The quantitative estimate of drug-likeness (QED) is 0.879. The van der Waals surface area contributed by atoms with Crippen LogP contribution in [-0.4, -0.2) is 38.2 Å². The molecule has 2 atom stereocenters. The van der Waals surface area contributed by atoms with Gasteiger partial charge in [0, 0.05) is 31.9 Å². The minimum Gasteiger partial charge on any atom is -0.481 e. The van der Waals surface area contributed by atoms with Crippen molar-refractivity contribution in [2.24, 2.45) is 5.92 Å². The lowest BCUT2D eigenvalue weighted by molar-refractivity contribution is -0.142. The highest BCUT2D eigenvalue weighted by molar-refractivity contribution is 5.87.